The monoisotopic (exact) mass is 372 g/mol. The molecule has 0 amide bonds. The van der Waals surface area contributed by atoms with E-state index in [1.54, 1.807) is 0 Å². The molecular weight excluding hydrogens is 340 g/mol. The summed E-state index contributed by atoms with van der Waals surface area (Å²) in [5.41, 5.74) is 0. The van der Waals surface area contributed by atoms with Crippen molar-refractivity contribution in [2.24, 2.45) is 5.92 Å². The highest BCUT2D eigenvalue weighted by atomic mass is 32.1. The lowest BCUT2D eigenvalue weighted by Crippen LogP contribution is -2.12. The second kappa shape index (κ2) is 19.3. The number of rotatable bonds is 15. The molecule has 0 aromatic rings. The number of carboxylic acids is 1. The maximum atomic E-state index is 10.8. The van der Waals surface area contributed by atoms with Gasteiger partial charge in [0.05, 0.1) is 5.92 Å². The number of carboxylic acid groups (broad SMARTS) is 1. The van der Waals surface area contributed by atoms with E-state index >= 15 is 0 Å². The fourth-order valence-electron chi connectivity index (χ4n) is 1.98. The van der Waals surface area contributed by atoms with Crippen LogP contribution in [0.1, 0.15) is 51.9 Å². The summed E-state index contributed by atoms with van der Waals surface area (Å²) in [6.45, 7) is 2.14. The predicted octanol–water partition coefficient (Wildman–Crippen LogP) is 6.77. The van der Waals surface area contributed by atoms with E-state index in [-0.39, 0.29) is 0 Å². The molecule has 0 radical (unpaired) electrons. The van der Waals surface area contributed by atoms with Gasteiger partial charge in [-0.3, -0.25) is 4.79 Å². The third-order valence-electron chi connectivity index (χ3n) is 3.47. The van der Waals surface area contributed by atoms with Crippen molar-refractivity contribution in [3.63, 3.8) is 0 Å². The second-order valence-corrected chi connectivity index (χ2v) is 6.00. The van der Waals surface area contributed by atoms with Crippen LogP contribution in [0.15, 0.2) is 72.9 Å². The average Bonchev–Trinajstić information content (AvgIpc) is 2.63. The van der Waals surface area contributed by atoms with Gasteiger partial charge in [-0.15, -0.1) is 0 Å². The average molecular weight is 373 g/mol. The first-order chi connectivity index (χ1) is 12.7. The third-order valence-corrected chi connectivity index (χ3v) is 3.80. The Hall–Kier alpha value is -2.00. The standard InChI is InChI=1S/C23H32O2S/c1-2-3-4-5-6-7-8-9-10-11-12-13-14-15-16-17-18-19-20-22(21-26)23(24)25/h3-4,6-7,9-10,12-13,15-16,18-19,21-22H,2,5,8,11,14,17,20H2,1H3,(H,24,25)/b4-3-,7-6-,10-9-,13-12-,16-15-,19-18-. The lowest BCUT2D eigenvalue weighted by atomic mass is 10.1. The van der Waals surface area contributed by atoms with Crippen LogP contribution in [0.25, 0.3) is 0 Å². The van der Waals surface area contributed by atoms with E-state index in [1.807, 2.05) is 12.2 Å². The highest BCUT2D eigenvalue weighted by Gasteiger charge is 2.10. The van der Waals surface area contributed by atoms with Gasteiger partial charge in [-0.05, 0) is 50.3 Å². The summed E-state index contributed by atoms with van der Waals surface area (Å²) in [5.74, 6) is -1.42. The Kier molecular flexibility index (Phi) is 17.8. The van der Waals surface area contributed by atoms with Gasteiger partial charge < -0.3 is 5.11 Å². The van der Waals surface area contributed by atoms with E-state index in [9.17, 15) is 4.79 Å². The van der Waals surface area contributed by atoms with E-state index in [1.165, 1.54) is 5.37 Å². The zero-order valence-corrected chi connectivity index (χ0v) is 16.6. The molecule has 0 aliphatic rings. The Labute approximate surface area is 164 Å². The van der Waals surface area contributed by atoms with Crippen molar-refractivity contribution in [2.75, 3.05) is 0 Å². The minimum Gasteiger partial charge on any atom is -0.481 e. The fraction of sp³-hybridized carbons (Fsp3) is 0.391. The Bertz CT molecular complexity index is 536. The Balaban J connectivity index is 3.67. The van der Waals surface area contributed by atoms with Crippen LogP contribution in [0.2, 0.25) is 0 Å². The van der Waals surface area contributed by atoms with Crippen molar-refractivity contribution >= 4 is 23.6 Å². The fourth-order valence-corrected chi connectivity index (χ4v) is 2.21. The molecular formula is C23H32O2S. The van der Waals surface area contributed by atoms with Gasteiger partial charge in [-0.1, -0.05) is 92.1 Å². The summed E-state index contributed by atoms with van der Waals surface area (Å²) in [4.78, 5) is 10.8. The van der Waals surface area contributed by atoms with Crippen molar-refractivity contribution in [3.8, 4) is 0 Å². The summed E-state index contributed by atoms with van der Waals surface area (Å²) < 4.78 is 0. The zero-order chi connectivity index (χ0) is 19.3. The van der Waals surface area contributed by atoms with Crippen LogP contribution < -0.4 is 0 Å². The molecule has 0 aliphatic heterocycles. The van der Waals surface area contributed by atoms with Crippen LogP contribution in [-0.2, 0) is 4.79 Å². The maximum absolute atomic E-state index is 10.8. The van der Waals surface area contributed by atoms with Crippen molar-refractivity contribution in [2.45, 2.75) is 51.9 Å². The van der Waals surface area contributed by atoms with Crippen LogP contribution in [-0.4, -0.2) is 16.4 Å². The van der Waals surface area contributed by atoms with Crippen molar-refractivity contribution in [1.29, 1.82) is 0 Å². The molecule has 0 aromatic heterocycles. The Morgan fingerprint density at radius 1 is 0.731 bits per heavy atom. The van der Waals surface area contributed by atoms with Gasteiger partial charge in [0.25, 0.3) is 0 Å². The summed E-state index contributed by atoms with van der Waals surface area (Å²) in [5, 5.41) is 10.2. The van der Waals surface area contributed by atoms with Crippen LogP contribution in [0.3, 0.4) is 0 Å². The minimum absolute atomic E-state index is 0.462. The lowest BCUT2D eigenvalue weighted by molar-refractivity contribution is -0.139. The summed E-state index contributed by atoms with van der Waals surface area (Å²) in [7, 11) is 0. The molecule has 0 saturated heterocycles. The number of hydrogen-bond donors (Lipinski definition) is 1. The van der Waals surface area contributed by atoms with Crippen LogP contribution in [0.4, 0.5) is 0 Å². The zero-order valence-electron chi connectivity index (χ0n) is 15.8. The number of hydrogen-bond acceptors (Lipinski definition) is 2. The molecule has 1 unspecified atom stereocenters. The molecule has 1 atom stereocenters. The molecule has 26 heavy (non-hydrogen) atoms. The minimum atomic E-state index is -0.862. The van der Waals surface area contributed by atoms with Gasteiger partial charge in [0, 0.05) is 0 Å². The van der Waals surface area contributed by atoms with E-state index in [2.05, 4.69) is 67.7 Å². The first-order valence-electron chi connectivity index (χ1n) is 9.30. The number of carbonyl (C=O) groups is 1. The number of thiocarbonyl (C=S) groups is 1. The number of aliphatic carboxylic acids is 1. The van der Waals surface area contributed by atoms with E-state index < -0.39 is 11.9 Å². The highest BCUT2D eigenvalue weighted by Crippen LogP contribution is 2.03. The molecule has 0 fully saturated rings. The Morgan fingerprint density at radius 2 is 1.08 bits per heavy atom. The molecule has 0 spiro atoms. The molecule has 0 aromatic carbocycles. The SMILES string of the molecule is CC/C=C\C/C=C\C/C=C\C/C=C\C/C=C\C/C=C\CC(C=S)C(=O)O. The molecule has 1 N–H and O–H groups in total. The number of allylic oxidation sites excluding steroid dienone is 12. The first kappa shape index (κ1) is 24.0. The normalized spacial score (nSPS) is 14.0. The topological polar surface area (TPSA) is 37.3 Å². The molecule has 3 heteroatoms. The van der Waals surface area contributed by atoms with Gasteiger partial charge in [-0.2, -0.15) is 0 Å². The van der Waals surface area contributed by atoms with Crippen LogP contribution in [0, 0.1) is 5.92 Å². The van der Waals surface area contributed by atoms with E-state index in [4.69, 9.17) is 17.3 Å². The first-order valence-corrected chi connectivity index (χ1v) is 9.77. The Morgan fingerprint density at radius 3 is 1.38 bits per heavy atom. The molecule has 0 heterocycles. The van der Waals surface area contributed by atoms with Crippen molar-refractivity contribution in [1.82, 2.24) is 0 Å². The largest absolute Gasteiger partial charge is 0.481 e. The summed E-state index contributed by atoms with van der Waals surface area (Å²) in [6.07, 6.45) is 31.8. The molecule has 142 valence electrons. The van der Waals surface area contributed by atoms with E-state index in [0.717, 1.165) is 38.5 Å². The quantitative estimate of drug-likeness (QED) is 0.254. The van der Waals surface area contributed by atoms with Gasteiger partial charge in [0.15, 0.2) is 0 Å². The van der Waals surface area contributed by atoms with Gasteiger partial charge in [-0.25, -0.2) is 0 Å². The highest BCUT2D eigenvalue weighted by molar-refractivity contribution is 7.79. The van der Waals surface area contributed by atoms with Crippen molar-refractivity contribution < 1.29 is 9.90 Å². The van der Waals surface area contributed by atoms with Crippen molar-refractivity contribution in [3.05, 3.63) is 72.9 Å². The maximum Gasteiger partial charge on any atom is 0.311 e. The van der Waals surface area contributed by atoms with Gasteiger partial charge >= 0.3 is 5.97 Å². The molecule has 2 nitrogen and oxygen atoms in total. The van der Waals surface area contributed by atoms with Gasteiger partial charge in [0.1, 0.15) is 0 Å². The van der Waals surface area contributed by atoms with E-state index in [0.29, 0.717) is 6.42 Å². The molecule has 0 saturated carbocycles. The molecule has 0 aliphatic carbocycles. The molecule has 0 bridgehead atoms. The second-order valence-electron chi connectivity index (χ2n) is 5.73. The van der Waals surface area contributed by atoms with Crippen LogP contribution in [0.5, 0.6) is 0 Å². The molecule has 0 rings (SSSR count). The van der Waals surface area contributed by atoms with Gasteiger partial charge in [0.2, 0.25) is 0 Å². The summed E-state index contributed by atoms with van der Waals surface area (Å²) >= 11 is 4.70. The van der Waals surface area contributed by atoms with Crippen LogP contribution >= 0.6 is 12.2 Å². The third kappa shape index (κ3) is 16.8. The summed E-state index contributed by atoms with van der Waals surface area (Å²) in [6, 6.07) is 0. The lowest BCUT2D eigenvalue weighted by Gasteiger charge is -1.99. The smallest absolute Gasteiger partial charge is 0.311 e. The predicted molar refractivity (Wildman–Crippen MR) is 118 cm³/mol.